The molecule has 0 unspecified atom stereocenters. The normalized spacial score (nSPS) is 18.7. The third-order valence-electron chi connectivity index (χ3n) is 6.04. The van der Waals surface area contributed by atoms with Gasteiger partial charge in [-0.3, -0.25) is 0 Å². The second kappa shape index (κ2) is 9.62. The Labute approximate surface area is 187 Å². The molecule has 0 atom stereocenters. The summed E-state index contributed by atoms with van der Waals surface area (Å²) in [7, 11) is 0. The number of nitrogens with two attached hydrogens (primary N) is 2. The number of aromatic nitrogens is 2. The van der Waals surface area contributed by atoms with Gasteiger partial charge in [0.15, 0.2) is 0 Å². The average molecular weight is 440 g/mol. The molecule has 0 spiro atoms. The van der Waals surface area contributed by atoms with Crippen molar-refractivity contribution in [3.63, 3.8) is 0 Å². The van der Waals surface area contributed by atoms with Crippen molar-refractivity contribution >= 4 is 23.2 Å². The van der Waals surface area contributed by atoms with Gasteiger partial charge in [-0.15, -0.1) is 0 Å². The standard InChI is InChI=1S/C24H27ClFN5/c25-21-14-29-22(28)11-20(21)24-19(17-6-4-15(12-27)5-7-17)8-9-23(31-24)30-13-16-2-1-3-18(26)10-16/h1-3,8-11,14-15,17H,4-7,12-13,27H2,(H2,28,29)(H,30,31). The third kappa shape index (κ3) is 5.14. The Balaban J connectivity index is 1.65. The van der Waals surface area contributed by atoms with Gasteiger partial charge < -0.3 is 16.8 Å². The highest BCUT2D eigenvalue weighted by Gasteiger charge is 2.25. The van der Waals surface area contributed by atoms with Crippen LogP contribution in [0.25, 0.3) is 11.3 Å². The van der Waals surface area contributed by atoms with Crippen LogP contribution in [-0.2, 0) is 6.54 Å². The van der Waals surface area contributed by atoms with Crippen molar-refractivity contribution in [3.05, 3.63) is 70.6 Å². The summed E-state index contributed by atoms with van der Waals surface area (Å²) in [4.78, 5) is 8.99. The Bertz CT molecular complexity index is 1050. The summed E-state index contributed by atoms with van der Waals surface area (Å²) < 4.78 is 13.5. The SMILES string of the molecule is NCC1CCC(c2ccc(NCc3cccc(F)c3)nc2-c2cc(N)ncc2Cl)CC1. The molecule has 0 radical (unpaired) electrons. The Morgan fingerprint density at radius 1 is 1.10 bits per heavy atom. The lowest BCUT2D eigenvalue weighted by Gasteiger charge is -2.29. The summed E-state index contributed by atoms with van der Waals surface area (Å²) in [5, 5.41) is 3.81. The van der Waals surface area contributed by atoms with Gasteiger partial charge in [-0.2, -0.15) is 0 Å². The van der Waals surface area contributed by atoms with Crippen molar-refractivity contribution in [1.29, 1.82) is 0 Å². The summed E-state index contributed by atoms with van der Waals surface area (Å²) in [5.41, 5.74) is 15.4. The van der Waals surface area contributed by atoms with Crippen LogP contribution in [0.3, 0.4) is 0 Å². The molecule has 1 aliphatic rings. The maximum atomic E-state index is 13.5. The predicted octanol–water partition coefficient (Wildman–Crippen LogP) is 5.36. The van der Waals surface area contributed by atoms with E-state index in [1.807, 2.05) is 12.1 Å². The maximum absolute atomic E-state index is 13.5. The Kier molecular flexibility index (Phi) is 6.68. The van der Waals surface area contributed by atoms with Crippen molar-refractivity contribution in [2.24, 2.45) is 11.7 Å². The van der Waals surface area contributed by atoms with E-state index in [2.05, 4.69) is 16.4 Å². The zero-order chi connectivity index (χ0) is 21.8. The van der Waals surface area contributed by atoms with Crippen LogP contribution in [0.5, 0.6) is 0 Å². The topological polar surface area (TPSA) is 89.8 Å². The fourth-order valence-electron chi connectivity index (χ4n) is 4.30. The highest BCUT2D eigenvalue weighted by molar-refractivity contribution is 6.33. The van der Waals surface area contributed by atoms with E-state index >= 15 is 0 Å². The van der Waals surface area contributed by atoms with Gasteiger partial charge >= 0.3 is 0 Å². The van der Waals surface area contributed by atoms with Crippen LogP contribution in [0, 0.1) is 11.7 Å². The first-order valence-corrected chi connectivity index (χ1v) is 11.0. The van der Waals surface area contributed by atoms with Gasteiger partial charge in [0.2, 0.25) is 0 Å². The number of pyridine rings is 2. The number of rotatable bonds is 6. The van der Waals surface area contributed by atoms with Crippen LogP contribution in [0.4, 0.5) is 16.0 Å². The molecule has 0 amide bonds. The first-order valence-electron chi connectivity index (χ1n) is 10.6. The molecule has 2 aromatic heterocycles. The number of nitrogen functional groups attached to an aromatic ring is 1. The molecule has 162 valence electrons. The largest absolute Gasteiger partial charge is 0.384 e. The molecular formula is C24H27ClFN5. The molecule has 3 aromatic rings. The molecule has 5 N–H and O–H groups in total. The molecule has 1 aromatic carbocycles. The molecule has 4 rings (SSSR count). The van der Waals surface area contributed by atoms with Gasteiger partial charge in [0.05, 0.1) is 10.7 Å². The number of nitrogens with zero attached hydrogens (tertiary/aromatic N) is 2. The van der Waals surface area contributed by atoms with E-state index in [1.54, 1.807) is 18.3 Å². The third-order valence-corrected chi connectivity index (χ3v) is 6.34. The van der Waals surface area contributed by atoms with E-state index in [0.717, 1.165) is 49.0 Å². The van der Waals surface area contributed by atoms with Crippen LogP contribution < -0.4 is 16.8 Å². The summed E-state index contributed by atoms with van der Waals surface area (Å²) in [6, 6.07) is 12.4. The Morgan fingerprint density at radius 2 is 1.90 bits per heavy atom. The van der Waals surface area contributed by atoms with Crippen LogP contribution in [0.2, 0.25) is 5.02 Å². The molecule has 1 fully saturated rings. The lowest BCUT2D eigenvalue weighted by Crippen LogP contribution is -2.21. The summed E-state index contributed by atoms with van der Waals surface area (Å²) in [6.45, 7) is 1.21. The molecule has 7 heteroatoms. The number of anilines is 2. The van der Waals surface area contributed by atoms with E-state index in [0.29, 0.717) is 35.0 Å². The number of benzene rings is 1. The lowest BCUT2D eigenvalue weighted by atomic mass is 9.77. The lowest BCUT2D eigenvalue weighted by molar-refractivity contribution is 0.333. The average Bonchev–Trinajstić information content (AvgIpc) is 2.79. The molecular weight excluding hydrogens is 413 g/mol. The molecule has 31 heavy (non-hydrogen) atoms. The van der Waals surface area contributed by atoms with Crippen molar-refractivity contribution in [3.8, 4) is 11.3 Å². The Morgan fingerprint density at radius 3 is 2.65 bits per heavy atom. The number of hydrogen-bond donors (Lipinski definition) is 3. The van der Waals surface area contributed by atoms with Gasteiger partial charge in [-0.1, -0.05) is 29.8 Å². The van der Waals surface area contributed by atoms with Crippen LogP contribution >= 0.6 is 11.6 Å². The quantitative estimate of drug-likeness (QED) is 0.480. The summed E-state index contributed by atoms with van der Waals surface area (Å²) in [6.07, 6.45) is 5.95. The van der Waals surface area contributed by atoms with E-state index < -0.39 is 0 Å². The van der Waals surface area contributed by atoms with E-state index in [4.69, 9.17) is 28.1 Å². The van der Waals surface area contributed by atoms with Gasteiger partial charge in [0.1, 0.15) is 17.5 Å². The monoisotopic (exact) mass is 439 g/mol. The van der Waals surface area contributed by atoms with Crippen LogP contribution in [0.15, 0.2) is 48.7 Å². The molecule has 0 saturated heterocycles. The molecule has 0 aliphatic heterocycles. The van der Waals surface area contributed by atoms with Gasteiger partial charge in [-0.05, 0) is 79.5 Å². The first-order chi connectivity index (χ1) is 15.0. The summed E-state index contributed by atoms with van der Waals surface area (Å²) in [5.74, 6) is 1.84. The molecule has 0 bridgehead atoms. The number of halogens is 2. The van der Waals surface area contributed by atoms with Crippen molar-refractivity contribution in [2.75, 3.05) is 17.6 Å². The first kappa shape index (κ1) is 21.5. The molecule has 2 heterocycles. The second-order valence-electron chi connectivity index (χ2n) is 8.16. The smallest absolute Gasteiger partial charge is 0.126 e. The molecule has 5 nitrogen and oxygen atoms in total. The van der Waals surface area contributed by atoms with Crippen LogP contribution in [0.1, 0.15) is 42.7 Å². The fraction of sp³-hybridized carbons (Fsp3) is 0.333. The summed E-state index contributed by atoms with van der Waals surface area (Å²) >= 11 is 6.49. The van der Waals surface area contributed by atoms with E-state index in [-0.39, 0.29) is 5.82 Å². The number of nitrogens with one attached hydrogen (secondary N) is 1. The van der Waals surface area contributed by atoms with Gasteiger partial charge in [0, 0.05) is 18.3 Å². The number of hydrogen-bond acceptors (Lipinski definition) is 5. The second-order valence-corrected chi connectivity index (χ2v) is 8.57. The maximum Gasteiger partial charge on any atom is 0.126 e. The minimum Gasteiger partial charge on any atom is -0.384 e. The Hall–Kier alpha value is -2.70. The minimum atomic E-state index is -0.254. The predicted molar refractivity (Wildman–Crippen MR) is 124 cm³/mol. The van der Waals surface area contributed by atoms with Gasteiger partial charge in [-0.25, -0.2) is 14.4 Å². The zero-order valence-corrected chi connectivity index (χ0v) is 18.1. The molecule has 1 aliphatic carbocycles. The minimum absolute atomic E-state index is 0.254. The highest BCUT2D eigenvalue weighted by Crippen LogP contribution is 2.41. The van der Waals surface area contributed by atoms with E-state index in [9.17, 15) is 4.39 Å². The molecule has 1 saturated carbocycles. The van der Waals surface area contributed by atoms with Crippen molar-refractivity contribution in [2.45, 2.75) is 38.1 Å². The van der Waals surface area contributed by atoms with Crippen molar-refractivity contribution < 1.29 is 4.39 Å². The van der Waals surface area contributed by atoms with Crippen LogP contribution in [-0.4, -0.2) is 16.5 Å². The van der Waals surface area contributed by atoms with Gasteiger partial charge in [0.25, 0.3) is 0 Å². The fourth-order valence-corrected chi connectivity index (χ4v) is 4.49. The highest BCUT2D eigenvalue weighted by atomic mass is 35.5. The van der Waals surface area contributed by atoms with E-state index in [1.165, 1.54) is 17.7 Å². The zero-order valence-electron chi connectivity index (χ0n) is 17.3. The van der Waals surface area contributed by atoms with Crippen molar-refractivity contribution in [1.82, 2.24) is 9.97 Å².